The molecule has 2 aliphatic rings. The number of likely N-dealkylation sites (tertiary alicyclic amines) is 1. The maximum atomic E-state index is 12.3. The predicted molar refractivity (Wildman–Crippen MR) is 81.9 cm³/mol. The third-order valence-corrected chi connectivity index (χ3v) is 4.47. The molecule has 2 fully saturated rings. The molecule has 1 saturated carbocycles. The van der Waals surface area contributed by atoms with Crippen molar-refractivity contribution in [1.82, 2.24) is 4.90 Å². The average molecular weight is 330 g/mol. The Morgan fingerprint density at radius 1 is 1.33 bits per heavy atom. The van der Waals surface area contributed by atoms with E-state index in [0.29, 0.717) is 24.5 Å². The van der Waals surface area contributed by atoms with E-state index >= 15 is 0 Å². The van der Waals surface area contributed by atoms with Crippen molar-refractivity contribution in [1.29, 1.82) is 0 Å². The minimum absolute atomic E-state index is 0. The molecule has 3 unspecified atom stereocenters. The largest absolute Gasteiger partial charge is 0.481 e. The minimum Gasteiger partial charge on any atom is -0.481 e. The second-order valence-electron chi connectivity index (χ2n) is 5.61. The van der Waals surface area contributed by atoms with Crippen LogP contribution in [-0.4, -0.2) is 35.0 Å². The quantitative estimate of drug-likeness (QED) is 0.927. The maximum absolute atomic E-state index is 12.3. The van der Waals surface area contributed by atoms with Gasteiger partial charge in [-0.05, 0) is 36.5 Å². The molecule has 114 valence electrons. The number of nitrogens with zero attached hydrogens (tertiary/aromatic N) is 1. The van der Waals surface area contributed by atoms with Crippen molar-refractivity contribution < 1.29 is 14.7 Å². The summed E-state index contributed by atoms with van der Waals surface area (Å²) in [7, 11) is 0. The van der Waals surface area contributed by atoms with Crippen LogP contribution in [0.2, 0.25) is 5.02 Å². The number of rotatable bonds is 3. The molecular formula is C15H17Cl2NO3. The molecule has 1 aliphatic heterocycles. The molecule has 1 aliphatic carbocycles. The normalized spacial score (nSPS) is 27.1. The van der Waals surface area contributed by atoms with Crippen LogP contribution in [-0.2, 0) is 9.59 Å². The van der Waals surface area contributed by atoms with Gasteiger partial charge in [-0.2, -0.15) is 0 Å². The molecular weight excluding hydrogens is 313 g/mol. The molecule has 0 bridgehead atoms. The summed E-state index contributed by atoms with van der Waals surface area (Å²) in [5.41, 5.74) is 1.10. The number of carboxylic acid groups (broad SMARTS) is 1. The summed E-state index contributed by atoms with van der Waals surface area (Å²) in [5, 5.41) is 9.66. The number of amides is 1. The van der Waals surface area contributed by atoms with E-state index in [4.69, 9.17) is 16.7 Å². The molecule has 3 atom stereocenters. The molecule has 0 aromatic heterocycles. The molecule has 3 rings (SSSR count). The summed E-state index contributed by atoms with van der Waals surface area (Å²) < 4.78 is 0. The molecule has 0 radical (unpaired) electrons. The molecule has 1 amide bonds. The first-order chi connectivity index (χ1) is 9.56. The van der Waals surface area contributed by atoms with Gasteiger partial charge < -0.3 is 10.0 Å². The summed E-state index contributed by atoms with van der Waals surface area (Å²) in [6.07, 6.45) is 1.41. The zero-order chi connectivity index (χ0) is 14.3. The Morgan fingerprint density at radius 2 is 2.10 bits per heavy atom. The number of carbonyl (C=O) groups is 2. The molecule has 1 aromatic rings. The fraction of sp³-hybridized carbons (Fsp3) is 0.467. The summed E-state index contributed by atoms with van der Waals surface area (Å²) >= 11 is 5.96. The Balaban J connectivity index is 0.00000161. The van der Waals surface area contributed by atoms with Gasteiger partial charge in [-0.15, -0.1) is 12.4 Å². The highest BCUT2D eigenvalue weighted by Crippen LogP contribution is 2.49. The van der Waals surface area contributed by atoms with E-state index in [2.05, 4.69) is 0 Å². The smallest absolute Gasteiger partial charge is 0.308 e. The lowest BCUT2D eigenvalue weighted by molar-refractivity contribution is -0.141. The molecule has 21 heavy (non-hydrogen) atoms. The van der Waals surface area contributed by atoms with Crippen molar-refractivity contribution in [2.75, 3.05) is 13.1 Å². The van der Waals surface area contributed by atoms with Crippen LogP contribution in [0, 0.1) is 11.8 Å². The first-order valence-corrected chi connectivity index (χ1v) is 7.21. The third-order valence-electron chi connectivity index (χ3n) is 4.23. The van der Waals surface area contributed by atoms with Crippen LogP contribution in [0.1, 0.15) is 24.3 Å². The highest BCUT2D eigenvalue weighted by molar-refractivity contribution is 6.30. The second kappa shape index (κ2) is 6.24. The van der Waals surface area contributed by atoms with Crippen molar-refractivity contribution in [3.8, 4) is 0 Å². The van der Waals surface area contributed by atoms with Crippen LogP contribution in [0.25, 0.3) is 0 Å². The van der Waals surface area contributed by atoms with Gasteiger partial charge in [-0.25, -0.2) is 0 Å². The first kappa shape index (κ1) is 16.1. The Labute approximate surface area is 134 Å². The van der Waals surface area contributed by atoms with E-state index in [-0.39, 0.29) is 30.2 Å². The highest BCUT2D eigenvalue weighted by Gasteiger charge is 2.47. The van der Waals surface area contributed by atoms with Crippen molar-refractivity contribution >= 4 is 35.9 Å². The van der Waals surface area contributed by atoms with Crippen LogP contribution >= 0.6 is 24.0 Å². The van der Waals surface area contributed by atoms with E-state index in [1.54, 1.807) is 4.90 Å². The van der Waals surface area contributed by atoms with E-state index in [1.165, 1.54) is 0 Å². The lowest BCUT2D eigenvalue weighted by Gasteiger charge is -2.15. The number of carboxylic acids is 1. The van der Waals surface area contributed by atoms with Crippen LogP contribution < -0.4 is 0 Å². The van der Waals surface area contributed by atoms with E-state index in [1.807, 2.05) is 24.3 Å². The first-order valence-electron chi connectivity index (χ1n) is 6.83. The molecule has 4 nitrogen and oxygen atoms in total. The van der Waals surface area contributed by atoms with Gasteiger partial charge in [0.25, 0.3) is 0 Å². The monoisotopic (exact) mass is 329 g/mol. The number of aliphatic carboxylic acids is 1. The minimum atomic E-state index is -0.803. The van der Waals surface area contributed by atoms with Crippen LogP contribution in [0.5, 0.6) is 0 Å². The summed E-state index contributed by atoms with van der Waals surface area (Å²) in [5.74, 6) is -0.866. The number of halogens is 2. The number of hydrogen-bond donors (Lipinski definition) is 1. The van der Waals surface area contributed by atoms with E-state index in [0.717, 1.165) is 12.0 Å². The van der Waals surface area contributed by atoms with E-state index in [9.17, 15) is 9.59 Å². The fourth-order valence-electron chi connectivity index (χ4n) is 2.97. The Hall–Kier alpha value is -1.26. The Kier molecular flexibility index (Phi) is 4.79. The molecule has 1 heterocycles. The van der Waals surface area contributed by atoms with Crippen molar-refractivity contribution in [3.63, 3.8) is 0 Å². The van der Waals surface area contributed by atoms with Gasteiger partial charge in [-0.1, -0.05) is 23.7 Å². The lowest BCUT2D eigenvalue weighted by atomic mass is 10.1. The zero-order valence-corrected chi connectivity index (χ0v) is 12.9. The number of carbonyl (C=O) groups excluding carboxylic acids is 1. The summed E-state index contributed by atoms with van der Waals surface area (Å²) in [6.45, 7) is 0.918. The van der Waals surface area contributed by atoms with Gasteiger partial charge >= 0.3 is 5.97 Å². The standard InChI is InChI=1S/C15H16ClNO3.ClH/c16-11-3-1-2-9(6-11)12-7-13(12)14(18)17-5-4-10(8-17)15(19)20;/h1-3,6,10,12-13H,4-5,7-8H2,(H,19,20);1H. The molecule has 1 saturated heterocycles. The summed E-state index contributed by atoms with van der Waals surface area (Å²) in [6, 6.07) is 7.62. The van der Waals surface area contributed by atoms with Gasteiger partial charge in [-0.3, -0.25) is 9.59 Å². The molecule has 0 spiro atoms. The van der Waals surface area contributed by atoms with Crippen molar-refractivity contribution in [3.05, 3.63) is 34.9 Å². The van der Waals surface area contributed by atoms with Crippen LogP contribution in [0.4, 0.5) is 0 Å². The predicted octanol–water partition coefficient (Wildman–Crippen LogP) is 2.80. The lowest BCUT2D eigenvalue weighted by Crippen LogP contribution is -2.31. The van der Waals surface area contributed by atoms with Crippen molar-refractivity contribution in [2.45, 2.75) is 18.8 Å². The Morgan fingerprint density at radius 3 is 2.71 bits per heavy atom. The van der Waals surface area contributed by atoms with Gasteiger partial charge in [0, 0.05) is 24.0 Å². The number of benzene rings is 1. The summed E-state index contributed by atoms with van der Waals surface area (Å²) in [4.78, 5) is 25.0. The van der Waals surface area contributed by atoms with Gasteiger partial charge in [0.05, 0.1) is 5.92 Å². The fourth-order valence-corrected chi connectivity index (χ4v) is 3.17. The van der Waals surface area contributed by atoms with E-state index < -0.39 is 11.9 Å². The molecule has 1 aromatic carbocycles. The second-order valence-corrected chi connectivity index (χ2v) is 6.05. The number of hydrogen-bond acceptors (Lipinski definition) is 2. The Bertz CT molecular complexity index is 564. The van der Waals surface area contributed by atoms with Crippen molar-refractivity contribution in [2.24, 2.45) is 11.8 Å². The SMILES string of the molecule is Cl.O=C(O)C1CCN(C(=O)C2CC2c2cccc(Cl)c2)C1. The highest BCUT2D eigenvalue weighted by atomic mass is 35.5. The molecule has 1 N–H and O–H groups in total. The van der Waals surface area contributed by atoms with Crippen LogP contribution in [0.15, 0.2) is 24.3 Å². The zero-order valence-electron chi connectivity index (χ0n) is 11.4. The third kappa shape index (κ3) is 3.33. The van der Waals surface area contributed by atoms with Gasteiger partial charge in [0.15, 0.2) is 0 Å². The molecule has 6 heteroatoms. The maximum Gasteiger partial charge on any atom is 0.308 e. The van der Waals surface area contributed by atoms with Gasteiger partial charge in [0.2, 0.25) is 5.91 Å². The van der Waals surface area contributed by atoms with Gasteiger partial charge in [0.1, 0.15) is 0 Å². The topological polar surface area (TPSA) is 57.6 Å². The average Bonchev–Trinajstić information content (AvgIpc) is 3.06. The van der Waals surface area contributed by atoms with Crippen LogP contribution in [0.3, 0.4) is 0 Å².